The molecule has 0 unspecified atom stereocenters. The van der Waals surface area contributed by atoms with Crippen LogP contribution in [0.25, 0.3) is 11.4 Å². The number of imidazole rings is 1. The number of nitrogens with one attached hydrogen (secondary N) is 1. The second-order valence-electron chi connectivity index (χ2n) is 4.48. The van der Waals surface area contributed by atoms with E-state index in [2.05, 4.69) is 23.8 Å². The predicted molar refractivity (Wildman–Crippen MR) is 67.0 cm³/mol. The number of hydrogen-bond acceptors (Lipinski definition) is 2. The van der Waals surface area contributed by atoms with Gasteiger partial charge in [-0.2, -0.15) is 0 Å². The van der Waals surface area contributed by atoms with E-state index in [0.29, 0.717) is 5.92 Å². The monoisotopic (exact) mass is 215 g/mol. The number of nitrogens with zero attached hydrogens (tertiary/aromatic N) is 1. The quantitative estimate of drug-likeness (QED) is 0.773. The Morgan fingerprint density at radius 3 is 2.88 bits per heavy atom. The molecule has 1 aromatic heterocycles. The lowest BCUT2D eigenvalue weighted by Gasteiger charge is -2.01. The third-order valence-electron chi connectivity index (χ3n) is 2.42. The Balaban J connectivity index is 2.24. The first-order valence-electron chi connectivity index (χ1n) is 5.55. The maximum atomic E-state index is 5.74. The highest BCUT2D eigenvalue weighted by molar-refractivity contribution is 5.61. The van der Waals surface area contributed by atoms with Gasteiger partial charge in [0.2, 0.25) is 0 Å². The van der Waals surface area contributed by atoms with Gasteiger partial charge in [0.25, 0.3) is 0 Å². The van der Waals surface area contributed by atoms with Crippen LogP contribution in [0.2, 0.25) is 0 Å². The van der Waals surface area contributed by atoms with Crippen molar-refractivity contribution in [3.8, 4) is 11.4 Å². The summed E-state index contributed by atoms with van der Waals surface area (Å²) in [5.41, 5.74) is 8.72. The fourth-order valence-corrected chi connectivity index (χ4v) is 1.74. The molecule has 0 saturated heterocycles. The van der Waals surface area contributed by atoms with E-state index in [1.54, 1.807) is 0 Å². The second kappa shape index (κ2) is 4.39. The molecule has 1 heterocycles. The molecule has 0 saturated carbocycles. The summed E-state index contributed by atoms with van der Waals surface area (Å²) >= 11 is 0. The minimum Gasteiger partial charge on any atom is -0.399 e. The van der Waals surface area contributed by atoms with Crippen molar-refractivity contribution in [2.45, 2.75) is 20.3 Å². The SMILES string of the molecule is CC(C)Cc1cnc(-c2cccc(N)c2)[nH]1. The van der Waals surface area contributed by atoms with Crippen LogP contribution in [0.4, 0.5) is 5.69 Å². The number of H-pyrrole nitrogens is 1. The van der Waals surface area contributed by atoms with E-state index in [0.717, 1.165) is 23.5 Å². The maximum Gasteiger partial charge on any atom is 0.137 e. The Bertz CT molecular complexity index is 472. The molecule has 0 atom stereocenters. The van der Waals surface area contributed by atoms with Crippen molar-refractivity contribution in [1.29, 1.82) is 0 Å². The molecule has 1 aromatic carbocycles. The summed E-state index contributed by atoms with van der Waals surface area (Å²) < 4.78 is 0. The lowest BCUT2D eigenvalue weighted by Crippen LogP contribution is -1.93. The normalized spacial score (nSPS) is 10.9. The van der Waals surface area contributed by atoms with E-state index in [9.17, 15) is 0 Å². The highest BCUT2D eigenvalue weighted by Crippen LogP contribution is 2.19. The first-order valence-corrected chi connectivity index (χ1v) is 5.55. The van der Waals surface area contributed by atoms with Crippen LogP contribution in [0, 0.1) is 5.92 Å². The van der Waals surface area contributed by atoms with Crippen LogP contribution in [0.5, 0.6) is 0 Å². The Morgan fingerprint density at radius 2 is 2.19 bits per heavy atom. The number of nitrogens with two attached hydrogens (primary N) is 1. The van der Waals surface area contributed by atoms with Gasteiger partial charge in [0, 0.05) is 23.1 Å². The largest absolute Gasteiger partial charge is 0.399 e. The molecule has 3 N–H and O–H groups in total. The minimum atomic E-state index is 0.633. The van der Waals surface area contributed by atoms with Crippen LogP contribution >= 0.6 is 0 Å². The van der Waals surface area contributed by atoms with Crippen molar-refractivity contribution in [1.82, 2.24) is 9.97 Å². The van der Waals surface area contributed by atoms with E-state index in [1.165, 1.54) is 5.69 Å². The molecular formula is C13H17N3. The van der Waals surface area contributed by atoms with Gasteiger partial charge in [0.1, 0.15) is 5.82 Å². The maximum absolute atomic E-state index is 5.74. The van der Waals surface area contributed by atoms with E-state index in [1.807, 2.05) is 30.5 Å². The second-order valence-corrected chi connectivity index (χ2v) is 4.48. The first kappa shape index (κ1) is 10.7. The van der Waals surface area contributed by atoms with Gasteiger partial charge in [-0.3, -0.25) is 0 Å². The first-order chi connectivity index (χ1) is 7.65. The summed E-state index contributed by atoms with van der Waals surface area (Å²) in [4.78, 5) is 7.69. The summed E-state index contributed by atoms with van der Waals surface area (Å²) in [7, 11) is 0. The van der Waals surface area contributed by atoms with Crippen molar-refractivity contribution >= 4 is 5.69 Å². The lowest BCUT2D eigenvalue weighted by molar-refractivity contribution is 0.638. The average Bonchev–Trinajstić information content (AvgIpc) is 2.65. The molecule has 0 radical (unpaired) electrons. The molecule has 0 bridgehead atoms. The zero-order valence-electron chi connectivity index (χ0n) is 9.70. The number of rotatable bonds is 3. The van der Waals surface area contributed by atoms with E-state index >= 15 is 0 Å². The summed E-state index contributed by atoms with van der Waals surface area (Å²) in [6.07, 6.45) is 2.92. The molecule has 0 aliphatic heterocycles. The van der Waals surface area contributed by atoms with Gasteiger partial charge in [0.05, 0.1) is 0 Å². The molecule has 84 valence electrons. The molecule has 3 nitrogen and oxygen atoms in total. The Morgan fingerprint density at radius 1 is 1.38 bits per heavy atom. The summed E-state index contributed by atoms with van der Waals surface area (Å²) in [5.74, 6) is 1.53. The van der Waals surface area contributed by atoms with Crippen molar-refractivity contribution < 1.29 is 0 Å². The Hall–Kier alpha value is -1.77. The number of benzene rings is 1. The van der Waals surface area contributed by atoms with Gasteiger partial charge in [-0.05, 0) is 24.5 Å². The highest BCUT2D eigenvalue weighted by atomic mass is 14.9. The van der Waals surface area contributed by atoms with Crippen LogP contribution in [-0.4, -0.2) is 9.97 Å². The average molecular weight is 215 g/mol. The molecular weight excluding hydrogens is 198 g/mol. The number of aromatic nitrogens is 2. The van der Waals surface area contributed by atoms with Gasteiger partial charge in [-0.25, -0.2) is 4.98 Å². The highest BCUT2D eigenvalue weighted by Gasteiger charge is 2.05. The minimum absolute atomic E-state index is 0.633. The molecule has 16 heavy (non-hydrogen) atoms. The lowest BCUT2D eigenvalue weighted by atomic mass is 10.1. The topological polar surface area (TPSA) is 54.7 Å². The van der Waals surface area contributed by atoms with Crippen molar-refractivity contribution in [2.75, 3.05) is 5.73 Å². The van der Waals surface area contributed by atoms with Crippen LogP contribution in [0.1, 0.15) is 19.5 Å². The van der Waals surface area contributed by atoms with Crippen LogP contribution in [-0.2, 0) is 6.42 Å². The molecule has 2 aromatic rings. The number of hydrogen-bond donors (Lipinski definition) is 2. The molecule has 0 aliphatic carbocycles. The predicted octanol–water partition coefficient (Wildman–Crippen LogP) is 2.86. The van der Waals surface area contributed by atoms with E-state index in [-0.39, 0.29) is 0 Å². The molecule has 0 spiro atoms. The molecule has 0 aliphatic rings. The van der Waals surface area contributed by atoms with Gasteiger partial charge in [-0.15, -0.1) is 0 Å². The van der Waals surface area contributed by atoms with Gasteiger partial charge in [0.15, 0.2) is 0 Å². The van der Waals surface area contributed by atoms with E-state index in [4.69, 9.17) is 5.73 Å². The van der Waals surface area contributed by atoms with Gasteiger partial charge >= 0.3 is 0 Å². The smallest absolute Gasteiger partial charge is 0.137 e. The summed E-state index contributed by atoms with van der Waals surface area (Å²) in [6, 6.07) is 7.75. The Labute approximate surface area is 95.7 Å². The number of aromatic amines is 1. The standard InChI is InChI=1S/C13H17N3/c1-9(2)6-12-8-15-13(16-12)10-4-3-5-11(14)7-10/h3-5,7-9H,6,14H2,1-2H3,(H,15,16). The van der Waals surface area contributed by atoms with Crippen LogP contribution in [0.15, 0.2) is 30.5 Å². The van der Waals surface area contributed by atoms with Crippen LogP contribution < -0.4 is 5.73 Å². The zero-order chi connectivity index (χ0) is 11.5. The molecule has 0 amide bonds. The fourth-order valence-electron chi connectivity index (χ4n) is 1.74. The van der Waals surface area contributed by atoms with Gasteiger partial charge in [-0.1, -0.05) is 26.0 Å². The number of anilines is 1. The zero-order valence-corrected chi connectivity index (χ0v) is 9.70. The molecule has 3 heteroatoms. The van der Waals surface area contributed by atoms with Crippen LogP contribution in [0.3, 0.4) is 0 Å². The van der Waals surface area contributed by atoms with Gasteiger partial charge < -0.3 is 10.7 Å². The number of nitrogen functional groups attached to an aromatic ring is 1. The van der Waals surface area contributed by atoms with Crippen molar-refractivity contribution in [2.24, 2.45) is 5.92 Å². The summed E-state index contributed by atoms with van der Waals surface area (Å²) in [6.45, 7) is 4.39. The third kappa shape index (κ3) is 2.42. The Kier molecular flexibility index (Phi) is 2.95. The van der Waals surface area contributed by atoms with Crippen molar-refractivity contribution in [3.05, 3.63) is 36.2 Å². The van der Waals surface area contributed by atoms with E-state index < -0.39 is 0 Å². The fraction of sp³-hybridized carbons (Fsp3) is 0.308. The third-order valence-corrected chi connectivity index (χ3v) is 2.42. The molecule has 2 rings (SSSR count). The van der Waals surface area contributed by atoms with Crippen molar-refractivity contribution in [3.63, 3.8) is 0 Å². The summed E-state index contributed by atoms with van der Waals surface area (Å²) in [5, 5.41) is 0. The molecule has 0 fully saturated rings.